The molecular weight excluding hydrogens is 403 g/mol. The standard InChI is InChI=1S/C25H31FN6/c1-18-16-31(17-27-18)25-12-9-24(10-13-25,11-14-25)29-23-28-22-20(7-4-5-15-32(22)30-23)19-6-2-3-8-21(19)26/h2-3,6,8,16-17,20H,4-5,7,9-15H2,1H3,(H,29,30)/t20-,24?,25?/m0/s1. The maximum absolute atomic E-state index is 14.6. The molecule has 3 saturated carbocycles. The SMILES string of the molecule is Cc1cn(C23CCC(Nc4nc5n(n4)CCCC[C@H]5c4ccccc4F)(CC2)CC3)cn1. The predicted molar refractivity (Wildman–Crippen MR) is 121 cm³/mol. The Kier molecular flexibility index (Phi) is 4.63. The lowest BCUT2D eigenvalue weighted by atomic mass is 9.61. The van der Waals surface area contributed by atoms with Crippen LogP contribution < -0.4 is 5.32 Å². The minimum Gasteiger partial charge on any atom is -0.347 e. The zero-order valence-electron chi connectivity index (χ0n) is 18.7. The Morgan fingerprint density at radius 3 is 2.56 bits per heavy atom. The largest absolute Gasteiger partial charge is 0.347 e. The van der Waals surface area contributed by atoms with E-state index < -0.39 is 0 Å². The molecular formula is C25H31FN6. The third kappa shape index (κ3) is 3.24. The van der Waals surface area contributed by atoms with Gasteiger partial charge in [-0.1, -0.05) is 24.6 Å². The summed E-state index contributed by atoms with van der Waals surface area (Å²) in [5, 5.41) is 8.61. The predicted octanol–water partition coefficient (Wildman–Crippen LogP) is 5.15. The molecule has 32 heavy (non-hydrogen) atoms. The van der Waals surface area contributed by atoms with E-state index in [0.29, 0.717) is 0 Å². The summed E-state index contributed by atoms with van der Waals surface area (Å²) >= 11 is 0. The first-order valence-corrected chi connectivity index (χ1v) is 12.0. The van der Waals surface area contributed by atoms with Crippen molar-refractivity contribution in [1.29, 1.82) is 0 Å². The molecule has 7 heteroatoms. The molecule has 3 aliphatic carbocycles. The van der Waals surface area contributed by atoms with Gasteiger partial charge >= 0.3 is 0 Å². The molecule has 1 atom stereocenters. The molecule has 2 bridgehead atoms. The first-order valence-electron chi connectivity index (χ1n) is 12.0. The average Bonchev–Trinajstić information content (AvgIpc) is 3.37. The maximum Gasteiger partial charge on any atom is 0.242 e. The molecule has 2 aromatic heterocycles. The number of hydrogen-bond donors (Lipinski definition) is 1. The van der Waals surface area contributed by atoms with Crippen LogP contribution in [-0.2, 0) is 12.1 Å². The van der Waals surface area contributed by atoms with Crippen molar-refractivity contribution < 1.29 is 4.39 Å². The second-order valence-electron chi connectivity index (χ2n) is 10.1. The van der Waals surface area contributed by atoms with Crippen LogP contribution in [0.4, 0.5) is 10.3 Å². The highest BCUT2D eigenvalue weighted by Crippen LogP contribution is 2.52. The maximum atomic E-state index is 14.6. The molecule has 1 aromatic carbocycles. The molecule has 0 spiro atoms. The third-order valence-corrected chi connectivity index (χ3v) is 8.25. The second kappa shape index (κ2) is 7.42. The van der Waals surface area contributed by atoms with E-state index in [1.807, 2.05) is 23.1 Å². The number of halogens is 1. The van der Waals surface area contributed by atoms with Crippen molar-refractivity contribution in [2.45, 2.75) is 88.3 Å². The van der Waals surface area contributed by atoms with Gasteiger partial charge in [0, 0.05) is 29.7 Å². The fourth-order valence-corrected chi connectivity index (χ4v) is 6.28. The molecule has 3 aromatic rings. The highest BCUT2D eigenvalue weighted by atomic mass is 19.1. The summed E-state index contributed by atoms with van der Waals surface area (Å²) in [6.45, 7) is 2.92. The van der Waals surface area contributed by atoms with Crippen LogP contribution in [0.15, 0.2) is 36.8 Å². The molecule has 0 radical (unpaired) electrons. The summed E-state index contributed by atoms with van der Waals surface area (Å²) in [6, 6.07) is 7.12. The van der Waals surface area contributed by atoms with Crippen LogP contribution in [0.3, 0.4) is 0 Å². The van der Waals surface area contributed by atoms with Gasteiger partial charge in [0.1, 0.15) is 11.6 Å². The molecule has 7 rings (SSSR count). The minimum absolute atomic E-state index is 0.0332. The van der Waals surface area contributed by atoms with Gasteiger partial charge in [-0.3, -0.25) is 0 Å². The van der Waals surface area contributed by atoms with Gasteiger partial charge in [-0.25, -0.2) is 14.1 Å². The monoisotopic (exact) mass is 434 g/mol. The van der Waals surface area contributed by atoms with E-state index in [4.69, 9.17) is 10.1 Å². The zero-order chi connectivity index (χ0) is 21.8. The lowest BCUT2D eigenvalue weighted by Gasteiger charge is -2.54. The van der Waals surface area contributed by atoms with E-state index in [9.17, 15) is 4.39 Å². The number of fused-ring (bicyclic) bond motifs is 4. The number of benzene rings is 1. The zero-order valence-corrected chi connectivity index (χ0v) is 18.7. The van der Waals surface area contributed by atoms with Crippen LogP contribution in [0.5, 0.6) is 0 Å². The van der Waals surface area contributed by atoms with Crippen molar-refractivity contribution >= 4 is 5.95 Å². The van der Waals surface area contributed by atoms with Gasteiger partial charge < -0.3 is 9.88 Å². The van der Waals surface area contributed by atoms with Crippen LogP contribution in [0.1, 0.15) is 80.8 Å². The molecule has 0 amide bonds. The molecule has 4 aliphatic rings. The summed E-state index contributed by atoms with van der Waals surface area (Å²) in [5.74, 6) is 1.44. The van der Waals surface area contributed by atoms with Gasteiger partial charge in [0.25, 0.3) is 0 Å². The number of nitrogens with one attached hydrogen (secondary N) is 1. The quantitative estimate of drug-likeness (QED) is 0.617. The van der Waals surface area contributed by atoms with Crippen LogP contribution >= 0.6 is 0 Å². The Morgan fingerprint density at radius 2 is 1.84 bits per heavy atom. The number of aryl methyl sites for hydroxylation is 2. The molecule has 0 unspecified atom stereocenters. The molecule has 168 valence electrons. The highest BCUT2D eigenvalue weighted by molar-refractivity contribution is 5.35. The molecule has 6 nitrogen and oxygen atoms in total. The van der Waals surface area contributed by atoms with E-state index in [1.165, 1.54) is 0 Å². The van der Waals surface area contributed by atoms with Crippen molar-refractivity contribution in [3.63, 3.8) is 0 Å². The number of rotatable bonds is 4. The number of anilines is 1. The van der Waals surface area contributed by atoms with Crippen molar-refractivity contribution in [2.24, 2.45) is 0 Å². The summed E-state index contributed by atoms with van der Waals surface area (Å²) < 4.78 is 19.0. The van der Waals surface area contributed by atoms with E-state index in [0.717, 1.165) is 87.4 Å². The van der Waals surface area contributed by atoms with E-state index in [2.05, 4.69) is 28.0 Å². The van der Waals surface area contributed by atoms with Crippen LogP contribution in [0.25, 0.3) is 0 Å². The van der Waals surface area contributed by atoms with Gasteiger partial charge in [-0.15, -0.1) is 5.10 Å². The first kappa shape index (κ1) is 19.9. The molecule has 3 heterocycles. The molecule has 3 fully saturated rings. The van der Waals surface area contributed by atoms with Crippen molar-refractivity contribution in [3.8, 4) is 0 Å². The third-order valence-electron chi connectivity index (χ3n) is 8.25. The Hall–Kier alpha value is -2.70. The lowest BCUT2D eigenvalue weighted by molar-refractivity contribution is 0.0638. The van der Waals surface area contributed by atoms with Crippen molar-refractivity contribution in [3.05, 3.63) is 59.7 Å². The van der Waals surface area contributed by atoms with Crippen LogP contribution in [-0.4, -0.2) is 29.9 Å². The summed E-state index contributed by atoms with van der Waals surface area (Å²) in [5.41, 5.74) is 2.12. The summed E-state index contributed by atoms with van der Waals surface area (Å²) in [4.78, 5) is 9.42. The van der Waals surface area contributed by atoms with Gasteiger partial charge in [-0.2, -0.15) is 4.98 Å². The van der Waals surface area contributed by atoms with Crippen LogP contribution in [0, 0.1) is 12.7 Å². The van der Waals surface area contributed by atoms with Crippen LogP contribution in [0.2, 0.25) is 0 Å². The number of imidazole rings is 1. The summed E-state index contributed by atoms with van der Waals surface area (Å²) in [6.07, 6.45) is 14.0. The smallest absolute Gasteiger partial charge is 0.242 e. The topological polar surface area (TPSA) is 60.6 Å². The number of nitrogens with zero attached hydrogens (tertiary/aromatic N) is 5. The van der Waals surface area contributed by atoms with Crippen molar-refractivity contribution in [2.75, 3.05) is 5.32 Å². The second-order valence-corrected chi connectivity index (χ2v) is 10.1. The Balaban J connectivity index is 1.24. The van der Waals surface area contributed by atoms with Gasteiger partial charge in [0.2, 0.25) is 5.95 Å². The van der Waals surface area contributed by atoms with Gasteiger partial charge in [-0.05, 0) is 69.9 Å². The van der Waals surface area contributed by atoms with Gasteiger partial charge in [0.15, 0.2) is 0 Å². The molecule has 1 aliphatic heterocycles. The molecule has 0 saturated heterocycles. The first-order chi connectivity index (χ1) is 15.6. The van der Waals surface area contributed by atoms with E-state index in [1.54, 1.807) is 12.1 Å². The van der Waals surface area contributed by atoms with Gasteiger partial charge in [0.05, 0.1) is 12.0 Å². The molecule has 1 N–H and O–H groups in total. The van der Waals surface area contributed by atoms with E-state index >= 15 is 0 Å². The fourth-order valence-electron chi connectivity index (χ4n) is 6.28. The normalized spacial score (nSPS) is 29.5. The Bertz CT molecular complexity index is 1110. The minimum atomic E-state index is -0.146. The summed E-state index contributed by atoms with van der Waals surface area (Å²) in [7, 11) is 0. The number of hydrogen-bond acceptors (Lipinski definition) is 4. The Labute approximate surface area is 188 Å². The lowest BCUT2D eigenvalue weighted by Crippen LogP contribution is -2.54. The fraction of sp³-hybridized carbons (Fsp3) is 0.560. The highest BCUT2D eigenvalue weighted by Gasteiger charge is 2.50. The Morgan fingerprint density at radius 1 is 1.06 bits per heavy atom. The average molecular weight is 435 g/mol. The van der Waals surface area contributed by atoms with Crippen molar-refractivity contribution in [1.82, 2.24) is 24.3 Å². The van der Waals surface area contributed by atoms with E-state index in [-0.39, 0.29) is 22.8 Å². The number of aromatic nitrogens is 5.